The molecule has 1 aromatic carbocycles. The number of primary amides is 2. The van der Waals surface area contributed by atoms with Crippen molar-refractivity contribution in [1.82, 2.24) is 25.0 Å². The molecule has 3 rings (SSSR count). The Hall–Kier alpha value is -3.76. The molecule has 1 atom stereocenters. The highest BCUT2D eigenvalue weighted by atomic mass is 16.1. The van der Waals surface area contributed by atoms with Crippen LogP contribution in [0.15, 0.2) is 24.4 Å². The molecule has 0 fully saturated rings. The molecule has 140 valence electrons. The van der Waals surface area contributed by atoms with E-state index in [9.17, 15) is 9.59 Å². The average Bonchev–Trinajstić information content (AvgIpc) is 3.01. The summed E-state index contributed by atoms with van der Waals surface area (Å²) in [4.78, 5) is 27.4. The first-order valence-corrected chi connectivity index (χ1v) is 8.18. The SMILES string of the molecule is CC[C@@H](Nc1nnc(C(N)=O)c(Nc2cccc3c2cnn3C)n1)C(N)=O. The number of hydrogen-bond donors (Lipinski definition) is 4. The molecule has 0 aliphatic heterocycles. The van der Waals surface area contributed by atoms with Gasteiger partial charge >= 0.3 is 0 Å². The van der Waals surface area contributed by atoms with Crippen LogP contribution >= 0.6 is 0 Å². The van der Waals surface area contributed by atoms with Crippen LogP contribution in [-0.4, -0.2) is 42.8 Å². The van der Waals surface area contributed by atoms with Crippen molar-refractivity contribution in [2.75, 3.05) is 10.6 Å². The van der Waals surface area contributed by atoms with E-state index >= 15 is 0 Å². The first-order chi connectivity index (χ1) is 12.9. The maximum atomic E-state index is 11.7. The Labute approximate surface area is 154 Å². The van der Waals surface area contributed by atoms with Gasteiger partial charge in [-0.1, -0.05) is 13.0 Å². The smallest absolute Gasteiger partial charge is 0.273 e. The maximum Gasteiger partial charge on any atom is 0.273 e. The number of carbonyl (C=O) groups is 2. The first-order valence-electron chi connectivity index (χ1n) is 8.18. The average molecular weight is 369 g/mol. The number of nitrogens with zero attached hydrogens (tertiary/aromatic N) is 5. The van der Waals surface area contributed by atoms with E-state index in [1.165, 1.54) is 0 Å². The molecule has 11 nitrogen and oxygen atoms in total. The second-order valence-corrected chi connectivity index (χ2v) is 5.84. The van der Waals surface area contributed by atoms with Crippen LogP contribution in [0.4, 0.5) is 17.5 Å². The van der Waals surface area contributed by atoms with Gasteiger partial charge in [-0.15, -0.1) is 10.2 Å². The normalized spacial score (nSPS) is 11.9. The topological polar surface area (TPSA) is 167 Å². The van der Waals surface area contributed by atoms with Crippen LogP contribution in [0.25, 0.3) is 10.9 Å². The number of hydrogen-bond acceptors (Lipinski definition) is 8. The van der Waals surface area contributed by atoms with Crippen LogP contribution in [0.5, 0.6) is 0 Å². The Balaban J connectivity index is 2.00. The minimum atomic E-state index is -0.788. The fourth-order valence-corrected chi connectivity index (χ4v) is 2.58. The van der Waals surface area contributed by atoms with Gasteiger partial charge in [-0.25, -0.2) is 0 Å². The largest absolute Gasteiger partial charge is 0.368 e. The van der Waals surface area contributed by atoms with Gasteiger partial charge in [0, 0.05) is 12.4 Å². The fraction of sp³-hybridized carbons (Fsp3) is 0.250. The highest BCUT2D eigenvalue weighted by Crippen LogP contribution is 2.26. The van der Waals surface area contributed by atoms with E-state index in [2.05, 4.69) is 30.9 Å². The molecule has 2 heterocycles. The van der Waals surface area contributed by atoms with E-state index in [-0.39, 0.29) is 17.5 Å². The van der Waals surface area contributed by atoms with Gasteiger partial charge in [0.05, 0.1) is 17.4 Å². The van der Waals surface area contributed by atoms with Crippen LogP contribution in [0.1, 0.15) is 23.8 Å². The predicted molar refractivity (Wildman–Crippen MR) is 99.2 cm³/mol. The van der Waals surface area contributed by atoms with Gasteiger partial charge in [-0.05, 0) is 18.6 Å². The number of rotatable bonds is 7. The molecule has 0 aliphatic rings. The summed E-state index contributed by atoms with van der Waals surface area (Å²) >= 11 is 0. The zero-order valence-electron chi connectivity index (χ0n) is 14.8. The van der Waals surface area contributed by atoms with Crippen LogP contribution in [0, 0.1) is 0 Å². The van der Waals surface area contributed by atoms with Crippen molar-refractivity contribution in [1.29, 1.82) is 0 Å². The fourth-order valence-electron chi connectivity index (χ4n) is 2.58. The van der Waals surface area contributed by atoms with Gasteiger partial charge in [-0.2, -0.15) is 10.1 Å². The summed E-state index contributed by atoms with van der Waals surface area (Å²) in [5.74, 6) is -1.18. The highest BCUT2D eigenvalue weighted by molar-refractivity contribution is 5.98. The monoisotopic (exact) mass is 369 g/mol. The van der Waals surface area contributed by atoms with Crippen LogP contribution < -0.4 is 22.1 Å². The van der Waals surface area contributed by atoms with E-state index in [0.717, 1.165) is 10.9 Å². The number of nitrogens with two attached hydrogens (primary N) is 2. The molecule has 2 aromatic heterocycles. The Morgan fingerprint density at radius 2 is 2.04 bits per heavy atom. The van der Waals surface area contributed by atoms with E-state index in [1.807, 2.05) is 25.2 Å². The molecule has 0 unspecified atom stereocenters. The van der Waals surface area contributed by atoms with Crippen molar-refractivity contribution in [2.24, 2.45) is 18.5 Å². The number of amides is 2. The number of fused-ring (bicyclic) bond motifs is 1. The molecule has 2 amide bonds. The quantitative estimate of drug-likeness (QED) is 0.460. The molecule has 0 saturated carbocycles. The standard InChI is InChI=1S/C16H19N9O2/c1-3-9(13(17)26)21-16-22-15(12(14(18)27)23-24-16)20-10-5-4-6-11-8(10)7-19-25(11)2/h4-7,9H,3H2,1-2H3,(H2,17,26)(H2,18,27)(H2,20,21,22,24)/t9-/m1/s1. The van der Waals surface area contributed by atoms with Crippen LogP contribution in [0.2, 0.25) is 0 Å². The summed E-state index contributed by atoms with van der Waals surface area (Å²) in [6.07, 6.45) is 2.13. The Morgan fingerprint density at radius 3 is 2.70 bits per heavy atom. The molecular weight excluding hydrogens is 350 g/mol. The summed E-state index contributed by atoms with van der Waals surface area (Å²) in [5, 5.41) is 18.5. The number of aromatic nitrogens is 5. The third-order valence-electron chi connectivity index (χ3n) is 4.02. The molecule has 11 heteroatoms. The molecule has 0 bridgehead atoms. The lowest BCUT2D eigenvalue weighted by Crippen LogP contribution is -2.35. The van der Waals surface area contributed by atoms with Crippen molar-refractivity contribution in [3.05, 3.63) is 30.1 Å². The second kappa shape index (κ2) is 7.23. The molecule has 6 N–H and O–H groups in total. The summed E-state index contributed by atoms with van der Waals surface area (Å²) in [5.41, 5.74) is 12.1. The maximum absolute atomic E-state index is 11.7. The van der Waals surface area contributed by atoms with Crippen molar-refractivity contribution in [3.63, 3.8) is 0 Å². The Kier molecular flexibility index (Phi) is 4.83. The third-order valence-corrected chi connectivity index (χ3v) is 4.02. The summed E-state index contributed by atoms with van der Waals surface area (Å²) < 4.78 is 1.72. The molecular formula is C16H19N9O2. The van der Waals surface area contributed by atoms with Gasteiger partial charge in [0.2, 0.25) is 11.9 Å². The molecule has 0 radical (unpaired) electrons. The zero-order valence-corrected chi connectivity index (χ0v) is 14.8. The highest BCUT2D eigenvalue weighted by Gasteiger charge is 2.19. The number of aryl methyl sites for hydroxylation is 1. The minimum absolute atomic E-state index is 0.0477. The molecule has 27 heavy (non-hydrogen) atoms. The second-order valence-electron chi connectivity index (χ2n) is 5.84. The number of carbonyl (C=O) groups excluding carboxylic acids is 2. The lowest BCUT2D eigenvalue weighted by molar-refractivity contribution is -0.118. The van der Waals surface area contributed by atoms with E-state index < -0.39 is 17.9 Å². The number of nitrogens with one attached hydrogen (secondary N) is 2. The van der Waals surface area contributed by atoms with Gasteiger partial charge in [-0.3, -0.25) is 14.3 Å². The molecule has 0 saturated heterocycles. The summed E-state index contributed by atoms with van der Waals surface area (Å²) in [7, 11) is 1.82. The lowest BCUT2D eigenvalue weighted by Gasteiger charge is -2.14. The van der Waals surface area contributed by atoms with E-state index in [0.29, 0.717) is 12.1 Å². The van der Waals surface area contributed by atoms with Gasteiger partial charge in [0.15, 0.2) is 11.5 Å². The Morgan fingerprint density at radius 1 is 1.26 bits per heavy atom. The molecule has 0 spiro atoms. The van der Waals surface area contributed by atoms with E-state index in [4.69, 9.17) is 11.5 Å². The number of anilines is 3. The van der Waals surface area contributed by atoms with Crippen molar-refractivity contribution < 1.29 is 9.59 Å². The summed E-state index contributed by atoms with van der Waals surface area (Å²) in [6, 6.07) is 4.89. The van der Waals surface area contributed by atoms with Crippen LogP contribution in [0.3, 0.4) is 0 Å². The number of benzene rings is 1. The van der Waals surface area contributed by atoms with Crippen molar-refractivity contribution in [2.45, 2.75) is 19.4 Å². The Bertz CT molecular complexity index is 1010. The van der Waals surface area contributed by atoms with Crippen LogP contribution in [-0.2, 0) is 11.8 Å². The molecule has 0 aliphatic carbocycles. The van der Waals surface area contributed by atoms with Crippen molar-refractivity contribution >= 4 is 40.2 Å². The predicted octanol–water partition coefficient (Wildman–Crippen LogP) is 0.277. The van der Waals surface area contributed by atoms with Gasteiger partial charge < -0.3 is 22.1 Å². The summed E-state index contributed by atoms with van der Waals surface area (Å²) in [6.45, 7) is 1.79. The van der Waals surface area contributed by atoms with Gasteiger partial charge in [0.25, 0.3) is 5.91 Å². The first kappa shape index (κ1) is 18.0. The third kappa shape index (κ3) is 3.61. The minimum Gasteiger partial charge on any atom is -0.368 e. The van der Waals surface area contributed by atoms with Gasteiger partial charge in [0.1, 0.15) is 6.04 Å². The van der Waals surface area contributed by atoms with Crippen molar-refractivity contribution in [3.8, 4) is 0 Å². The van der Waals surface area contributed by atoms with E-state index in [1.54, 1.807) is 17.8 Å². The lowest BCUT2D eigenvalue weighted by atomic mass is 10.2. The molecule has 3 aromatic rings. The zero-order chi connectivity index (χ0) is 19.6.